The van der Waals surface area contributed by atoms with Gasteiger partial charge in [0.1, 0.15) is 0 Å². The zero-order valence-corrected chi connectivity index (χ0v) is 13.8. The van der Waals surface area contributed by atoms with E-state index < -0.39 is 0 Å². The predicted molar refractivity (Wildman–Crippen MR) is 88.1 cm³/mol. The maximum atomic E-state index is 12.3. The highest BCUT2D eigenvalue weighted by Crippen LogP contribution is 2.21. The van der Waals surface area contributed by atoms with Crippen LogP contribution >= 0.6 is 0 Å². The molecule has 122 valence electrons. The number of hydroxylamine groups is 2. The van der Waals surface area contributed by atoms with Gasteiger partial charge in [0.15, 0.2) is 0 Å². The smallest absolute Gasteiger partial charge is 0.253 e. The summed E-state index contributed by atoms with van der Waals surface area (Å²) in [5.41, 5.74) is 2.07. The van der Waals surface area contributed by atoms with E-state index in [4.69, 9.17) is 0 Å². The van der Waals surface area contributed by atoms with Crippen molar-refractivity contribution in [1.82, 2.24) is 9.96 Å². The molecule has 0 unspecified atom stereocenters. The number of benzene rings is 1. The van der Waals surface area contributed by atoms with Gasteiger partial charge in [-0.25, -0.2) is 0 Å². The van der Waals surface area contributed by atoms with Gasteiger partial charge in [-0.15, -0.1) is 0 Å². The van der Waals surface area contributed by atoms with Gasteiger partial charge >= 0.3 is 0 Å². The van der Waals surface area contributed by atoms with Crippen molar-refractivity contribution >= 4 is 5.91 Å². The van der Waals surface area contributed by atoms with Gasteiger partial charge < -0.3 is 10.1 Å². The number of aryl methyl sites for hydroxylation is 1. The fourth-order valence-corrected chi connectivity index (χ4v) is 3.09. The molecule has 1 aromatic carbocycles. The minimum absolute atomic E-state index is 0.117. The third-order valence-corrected chi connectivity index (χ3v) is 4.68. The summed E-state index contributed by atoms with van der Waals surface area (Å²) in [6.45, 7) is 7.10. The molecule has 2 rings (SSSR count). The lowest BCUT2D eigenvalue weighted by Crippen LogP contribution is -2.31. The van der Waals surface area contributed by atoms with Crippen molar-refractivity contribution in [3.05, 3.63) is 35.4 Å². The monoisotopic (exact) mass is 304 g/mol. The molecule has 1 aliphatic heterocycles. The number of hydrogen-bond donors (Lipinski definition) is 1. The Morgan fingerprint density at radius 2 is 1.77 bits per heavy atom. The fraction of sp³-hybridized carbons (Fsp3) is 0.611. The van der Waals surface area contributed by atoms with Gasteiger partial charge in [0.05, 0.1) is 0 Å². The second-order valence-electron chi connectivity index (χ2n) is 6.11. The molecule has 1 N–H and O–H groups in total. The van der Waals surface area contributed by atoms with Crippen molar-refractivity contribution in [3.63, 3.8) is 0 Å². The lowest BCUT2D eigenvalue weighted by atomic mass is 9.91. The molecule has 22 heavy (non-hydrogen) atoms. The Kier molecular flexibility index (Phi) is 6.40. The molecule has 0 saturated carbocycles. The normalized spacial score (nSPS) is 16.7. The van der Waals surface area contributed by atoms with E-state index in [1.165, 1.54) is 10.6 Å². The van der Waals surface area contributed by atoms with Crippen molar-refractivity contribution in [2.75, 3.05) is 26.2 Å². The summed E-state index contributed by atoms with van der Waals surface area (Å²) in [6.07, 6.45) is 4.37. The van der Waals surface area contributed by atoms with Gasteiger partial charge in [0, 0.05) is 31.7 Å². The summed E-state index contributed by atoms with van der Waals surface area (Å²) in [6, 6.07) is 8.06. The van der Waals surface area contributed by atoms with Crippen LogP contribution < -0.4 is 0 Å². The van der Waals surface area contributed by atoms with Gasteiger partial charge in [-0.3, -0.25) is 4.79 Å². The third-order valence-electron chi connectivity index (χ3n) is 4.68. The number of rotatable bonds is 6. The molecule has 4 heteroatoms. The molecule has 0 atom stereocenters. The van der Waals surface area contributed by atoms with Crippen LogP contribution in [0.25, 0.3) is 0 Å². The first-order chi connectivity index (χ1) is 10.6. The van der Waals surface area contributed by atoms with Crippen LogP contribution in [0.15, 0.2) is 24.3 Å². The standard InChI is InChI=1S/C18H28N2O2/c1-3-19(4-2)18(21)17-9-7-15(8-10-17)5-6-16-11-13-20(22)14-12-16/h7-10,16,22H,3-6,11-14H2,1-2H3. The van der Waals surface area contributed by atoms with Crippen molar-refractivity contribution in [2.24, 2.45) is 5.92 Å². The van der Waals surface area contributed by atoms with E-state index in [0.29, 0.717) is 5.92 Å². The number of carbonyl (C=O) groups excluding carboxylic acids is 1. The Hall–Kier alpha value is -1.39. The van der Waals surface area contributed by atoms with Gasteiger partial charge in [-0.2, -0.15) is 5.06 Å². The maximum absolute atomic E-state index is 12.3. The van der Waals surface area contributed by atoms with Crippen LogP contribution in [-0.2, 0) is 6.42 Å². The highest BCUT2D eigenvalue weighted by Gasteiger charge is 2.17. The Morgan fingerprint density at radius 3 is 2.32 bits per heavy atom. The van der Waals surface area contributed by atoms with Crippen LogP contribution in [0.4, 0.5) is 0 Å². The number of piperidine rings is 1. The average molecular weight is 304 g/mol. The first-order valence-electron chi connectivity index (χ1n) is 8.46. The van der Waals surface area contributed by atoms with E-state index in [2.05, 4.69) is 12.1 Å². The summed E-state index contributed by atoms with van der Waals surface area (Å²) in [4.78, 5) is 14.1. The Morgan fingerprint density at radius 1 is 1.18 bits per heavy atom. The second-order valence-corrected chi connectivity index (χ2v) is 6.11. The average Bonchev–Trinajstić information content (AvgIpc) is 2.56. The van der Waals surface area contributed by atoms with E-state index in [1.54, 1.807) is 0 Å². The number of amides is 1. The summed E-state index contributed by atoms with van der Waals surface area (Å²) >= 11 is 0. The molecule has 0 spiro atoms. The van der Waals surface area contributed by atoms with Gasteiger partial charge in [0.25, 0.3) is 5.91 Å². The maximum Gasteiger partial charge on any atom is 0.253 e. The predicted octanol–water partition coefficient (Wildman–Crippen LogP) is 3.20. The SMILES string of the molecule is CCN(CC)C(=O)c1ccc(CCC2CCN(O)CC2)cc1. The number of nitrogens with zero attached hydrogens (tertiary/aromatic N) is 2. The zero-order chi connectivity index (χ0) is 15.9. The van der Waals surface area contributed by atoms with Crippen LogP contribution in [0, 0.1) is 5.92 Å². The van der Waals surface area contributed by atoms with E-state index >= 15 is 0 Å². The molecular weight excluding hydrogens is 276 g/mol. The molecule has 1 heterocycles. The van der Waals surface area contributed by atoms with Crippen molar-refractivity contribution in [1.29, 1.82) is 0 Å². The lowest BCUT2D eigenvalue weighted by Gasteiger charge is -2.27. The fourth-order valence-electron chi connectivity index (χ4n) is 3.09. The third kappa shape index (κ3) is 4.55. The molecule has 1 amide bonds. The van der Waals surface area contributed by atoms with Crippen LogP contribution in [0.3, 0.4) is 0 Å². The molecule has 0 bridgehead atoms. The highest BCUT2D eigenvalue weighted by molar-refractivity contribution is 5.94. The molecule has 1 saturated heterocycles. The number of carbonyl (C=O) groups is 1. The van der Waals surface area contributed by atoms with Gasteiger partial charge in [-0.1, -0.05) is 12.1 Å². The number of hydrogen-bond acceptors (Lipinski definition) is 3. The van der Waals surface area contributed by atoms with Crippen molar-refractivity contribution < 1.29 is 10.0 Å². The topological polar surface area (TPSA) is 43.8 Å². The quantitative estimate of drug-likeness (QED) is 0.877. The van der Waals surface area contributed by atoms with Crippen LogP contribution in [0.5, 0.6) is 0 Å². The lowest BCUT2D eigenvalue weighted by molar-refractivity contribution is -0.112. The zero-order valence-electron chi connectivity index (χ0n) is 13.8. The van der Waals surface area contributed by atoms with Gasteiger partial charge in [0.2, 0.25) is 0 Å². The molecule has 1 fully saturated rings. The molecule has 4 nitrogen and oxygen atoms in total. The summed E-state index contributed by atoms with van der Waals surface area (Å²) < 4.78 is 0. The molecule has 0 aromatic heterocycles. The van der Waals surface area contributed by atoms with E-state index in [1.807, 2.05) is 30.9 Å². The summed E-state index contributed by atoms with van der Waals surface area (Å²) in [7, 11) is 0. The molecule has 1 aliphatic rings. The van der Waals surface area contributed by atoms with E-state index in [0.717, 1.165) is 57.4 Å². The van der Waals surface area contributed by atoms with Crippen LogP contribution in [0.1, 0.15) is 49.0 Å². The van der Waals surface area contributed by atoms with Crippen molar-refractivity contribution in [2.45, 2.75) is 39.5 Å². The summed E-state index contributed by atoms with van der Waals surface area (Å²) in [5, 5.41) is 10.8. The Labute approximate surface area is 133 Å². The molecule has 1 aromatic rings. The van der Waals surface area contributed by atoms with Crippen molar-refractivity contribution in [3.8, 4) is 0 Å². The largest absolute Gasteiger partial charge is 0.339 e. The Balaban J connectivity index is 1.85. The second kappa shape index (κ2) is 8.30. The van der Waals surface area contributed by atoms with Gasteiger partial charge in [-0.05, 0) is 63.1 Å². The molecule has 0 aliphatic carbocycles. The summed E-state index contributed by atoms with van der Waals surface area (Å²) in [5.74, 6) is 0.826. The molecule has 0 radical (unpaired) electrons. The minimum Gasteiger partial charge on any atom is -0.339 e. The van der Waals surface area contributed by atoms with Crippen LogP contribution in [-0.4, -0.2) is 47.3 Å². The minimum atomic E-state index is 0.117. The first kappa shape index (κ1) is 17.0. The van der Waals surface area contributed by atoms with Crippen LogP contribution in [0.2, 0.25) is 0 Å². The first-order valence-corrected chi connectivity index (χ1v) is 8.46. The molecular formula is C18H28N2O2. The Bertz CT molecular complexity index is 460. The highest BCUT2D eigenvalue weighted by atomic mass is 16.5. The van der Waals surface area contributed by atoms with E-state index in [9.17, 15) is 10.0 Å². The van der Waals surface area contributed by atoms with E-state index in [-0.39, 0.29) is 5.91 Å².